The minimum absolute atomic E-state index is 0.0375. The summed E-state index contributed by atoms with van der Waals surface area (Å²) in [6.45, 7) is 11.0. The summed E-state index contributed by atoms with van der Waals surface area (Å²) in [6, 6.07) is 2.68. The molecule has 180 valence electrons. The summed E-state index contributed by atoms with van der Waals surface area (Å²) in [5, 5.41) is 0. The second-order valence-corrected chi connectivity index (χ2v) is 10.0. The van der Waals surface area contributed by atoms with Gasteiger partial charge in [-0.25, -0.2) is 9.37 Å². The lowest BCUT2D eigenvalue weighted by molar-refractivity contribution is -0.124. The fraction of sp³-hybridized carbons (Fsp3) is 0.481. The van der Waals surface area contributed by atoms with E-state index in [2.05, 4.69) is 33.9 Å². The van der Waals surface area contributed by atoms with Gasteiger partial charge in [0.1, 0.15) is 0 Å². The first kappa shape index (κ1) is 22.8. The van der Waals surface area contributed by atoms with Gasteiger partial charge in [-0.05, 0) is 63.8 Å². The van der Waals surface area contributed by atoms with Gasteiger partial charge in [-0.1, -0.05) is 12.5 Å². The van der Waals surface area contributed by atoms with E-state index >= 15 is 0 Å². The highest BCUT2D eigenvalue weighted by Crippen LogP contribution is 2.30. The fourth-order valence-corrected chi connectivity index (χ4v) is 5.29. The lowest BCUT2D eigenvalue weighted by Gasteiger charge is -2.48. The van der Waals surface area contributed by atoms with E-state index in [0.29, 0.717) is 17.3 Å². The van der Waals surface area contributed by atoms with Crippen LogP contribution in [0.1, 0.15) is 51.3 Å². The molecule has 1 saturated carbocycles. The lowest BCUT2D eigenvalue weighted by Crippen LogP contribution is -2.56. The van der Waals surface area contributed by atoms with Crippen molar-refractivity contribution >= 4 is 17.1 Å². The molecule has 6 nitrogen and oxygen atoms in total. The van der Waals surface area contributed by atoms with Crippen LogP contribution in [0, 0.1) is 12.7 Å². The van der Waals surface area contributed by atoms with Crippen LogP contribution in [0.15, 0.2) is 48.6 Å². The number of amides is 1. The molecule has 2 aromatic heterocycles. The molecule has 2 fully saturated rings. The summed E-state index contributed by atoms with van der Waals surface area (Å²) in [7, 11) is 0. The van der Waals surface area contributed by atoms with E-state index in [1.165, 1.54) is 25.3 Å². The molecule has 0 N–H and O–H groups in total. The number of carbonyl (C=O) groups excluding carboxylic acids is 1. The summed E-state index contributed by atoms with van der Waals surface area (Å²) < 4.78 is 16.2. The third-order valence-corrected chi connectivity index (χ3v) is 7.52. The Morgan fingerprint density at radius 1 is 1.21 bits per heavy atom. The van der Waals surface area contributed by atoms with Crippen LogP contribution in [0.5, 0.6) is 0 Å². The molecule has 1 unspecified atom stereocenters. The molecule has 0 aromatic carbocycles. The molecular weight excluding hydrogens is 429 g/mol. The van der Waals surface area contributed by atoms with Crippen LogP contribution in [0.2, 0.25) is 0 Å². The molecule has 1 amide bonds. The smallest absolute Gasteiger partial charge is 0.251 e. The molecule has 34 heavy (non-hydrogen) atoms. The van der Waals surface area contributed by atoms with E-state index in [9.17, 15) is 9.18 Å². The van der Waals surface area contributed by atoms with Crippen molar-refractivity contribution in [2.45, 2.75) is 65.1 Å². The topological polar surface area (TPSA) is 44.1 Å². The van der Waals surface area contributed by atoms with Crippen molar-refractivity contribution in [1.82, 2.24) is 24.1 Å². The summed E-state index contributed by atoms with van der Waals surface area (Å²) in [4.78, 5) is 24.3. The Morgan fingerprint density at radius 2 is 2.00 bits per heavy atom. The Hall–Kier alpha value is -2.93. The van der Waals surface area contributed by atoms with Crippen molar-refractivity contribution < 1.29 is 9.18 Å². The molecule has 0 spiro atoms. The number of imidazole rings is 1. The van der Waals surface area contributed by atoms with Gasteiger partial charge in [0.2, 0.25) is 0 Å². The second kappa shape index (κ2) is 9.02. The SMILES string of the molecule is C/C(=C\C(=O)N1C=C(N2CCN(C3CCC3)[C@@H](C)C2)C=CC1C)c1cc(F)c2nc(C)cn2c1. The number of allylic oxidation sites excluding steroid dienone is 2. The minimum atomic E-state index is -0.391. The molecule has 0 bridgehead atoms. The van der Waals surface area contributed by atoms with E-state index in [1.807, 2.05) is 33.2 Å². The third kappa shape index (κ3) is 4.29. The Labute approximate surface area is 201 Å². The summed E-state index contributed by atoms with van der Waals surface area (Å²) >= 11 is 0. The molecule has 2 aromatic rings. The van der Waals surface area contributed by atoms with Crippen LogP contribution in [0.3, 0.4) is 0 Å². The van der Waals surface area contributed by atoms with Gasteiger partial charge >= 0.3 is 0 Å². The highest BCUT2D eigenvalue weighted by Gasteiger charge is 2.33. The number of pyridine rings is 1. The maximum Gasteiger partial charge on any atom is 0.251 e. The van der Waals surface area contributed by atoms with Crippen LogP contribution in [0.25, 0.3) is 11.2 Å². The van der Waals surface area contributed by atoms with Gasteiger partial charge in [0.25, 0.3) is 5.91 Å². The first-order valence-corrected chi connectivity index (χ1v) is 12.4. The zero-order chi connectivity index (χ0) is 24.0. The largest absolute Gasteiger partial charge is 0.368 e. The van der Waals surface area contributed by atoms with Crippen molar-refractivity contribution in [1.29, 1.82) is 0 Å². The minimum Gasteiger partial charge on any atom is -0.368 e. The first-order valence-electron chi connectivity index (χ1n) is 12.4. The van der Waals surface area contributed by atoms with Gasteiger partial charge in [-0.2, -0.15) is 0 Å². The summed E-state index contributed by atoms with van der Waals surface area (Å²) in [5.74, 6) is -0.493. The molecule has 2 aliphatic heterocycles. The van der Waals surface area contributed by atoms with E-state index < -0.39 is 5.82 Å². The van der Waals surface area contributed by atoms with Crippen LogP contribution in [-0.2, 0) is 4.79 Å². The van der Waals surface area contributed by atoms with Gasteiger partial charge < -0.3 is 14.2 Å². The number of aromatic nitrogens is 2. The first-order chi connectivity index (χ1) is 16.3. The molecule has 1 saturated heterocycles. The molecule has 3 aliphatic rings. The summed E-state index contributed by atoms with van der Waals surface area (Å²) in [5.41, 5.74) is 3.52. The van der Waals surface area contributed by atoms with Gasteiger partial charge in [-0.3, -0.25) is 9.69 Å². The number of carbonyl (C=O) groups is 1. The number of halogens is 1. The quantitative estimate of drug-likeness (QED) is 0.632. The van der Waals surface area contributed by atoms with Crippen LogP contribution in [0.4, 0.5) is 4.39 Å². The Kier molecular flexibility index (Phi) is 6.06. The number of hydrogen-bond donors (Lipinski definition) is 0. The van der Waals surface area contributed by atoms with Crippen LogP contribution in [-0.4, -0.2) is 67.8 Å². The average molecular weight is 464 g/mol. The number of rotatable bonds is 4. The van der Waals surface area contributed by atoms with Crippen molar-refractivity contribution in [3.63, 3.8) is 0 Å². The van der Waals surface area contributed by atoms with Crippen molar-refractivity contribution in [3.05, 3.63) is 65.7 Å². The molecule has 4 heterocycles. The highest BCUT2D eigenvalue weighted by molar-refractivity contribution is 5.96. The van der Waals surface area contributed by atoms with Gasteiger partial charge in [0.15, 0.2) is 11.5 Å². The summed E-state index contributed by atoms with van der Waals surface area (Å²) in [6.07, 6.45) is 15.4. The van der Waals surface area contributed by atoms with E-state index in [1.54, 1.807) is 21.6 Å². The predicted molar refractivity (Wildman–Crippen MR) is 132 cm³/mol. The van der Waals surface area contributed by atoms with E-state index in [0.717, 1.165) is 42.6 Å². The molecule has 2 atom stereocenters. The van der Waals surface area contributed by atoms with Crippen molar-refractivity contribution in [2.75, 3.05) is 19.6 Å². The number of piperazine rings is 1. The molecule has 0 radical (unpaired) electrons. The van der Waals surface area contributed by atoms with E-state index in [4.69, 9.17) is 0 Å². The Balaban J connectivity index is 1.33. The van der Waals surface area contributed by atoms with Gasteiger partial charge in [0, 0.05) is 56.4 Å². The lowest BCUT2D eigenvalue weighted by atomic mass is 9.89. The van der Waals surface area contributed by atoms with E-state index in [-0.39, 0.29) is 11.9 Å². The third-order valence-electron chi connectivity index (χ3n) is 7.52. The number of fused-ring (bicyclic) bond motifs is 1. The maximum atomic E-state index is 14.5. The van der Waals surface area contributed by atoms with Crippen molar-refractivity contribution in [2.24, 2.45) is 0 Å². The Bertz CT molecular complexity index is 1190. The molecular formula is C27H34FN5O. The molecule has 5 rings (SSSR count). The second-order valence-electron chi connectivity index (χ2n) is 10.0. The molecule has 7 heteroatoms. The predicted octanol–water partition coefficient (Wildman–Crippen LogP) is 4.37. The van der Waals surface area contributed by atoms with Crippen LogP contribution < -0.4 is 0 Å². The maximum absolute atomic E-state index is 14.5. The van der Waals surface area contributed by atoms with Gasteiger partial charge in [-0.15, -0.1) is 0 Å². The van der Waals surface area contributed by atoms with Crippen molar-refractivity contribution in [3.8, 4) is 0 Å². The van der Waals surface area contributed by atoms with Crippen LogP contribution >= 0.6 is 0 Å². The monoisotopic (exact) mass is 463 g/mol. The zero-order valence-corrected chi connectivity index (χ0v) is 20.5. The number of nitrogens with zero attached hydrogens (tertiary/aromatic N) is 5. The highest BCUT2D eigenvalue weighted by atomic mass is 19.1. The number of hydrogen-bond acceptors (Lipinski definition) is 4. The average Bonchev–Trinajstić information content (AvgIpc) is 3.15. The van der Waals surface area contributed by atoms with Gasteiger partial charge in [0.05, 0.1) is 17.4 Å². The standard InChI is InChI=1S/C27H34FN5O/c1-18(22-13-25(28)27-29-19(2)14-31(27)16-22)12-26(34)33-17-24(9-8-20(33)3)30-10-11-32(21(4)15-30)23-6-5-7-23/h8-9,12-14,16-17,20-21,23H,5-7,10-11,15H2,1-4H3/b18-12+/t20?,21-/m0/s1. The zero-order valence-electron chi connectivity index (χ0n) is 20.5. The fourth-order valence-electron chi connectivity index (χ4n) is 5.29. The normalized spacial score (nSPS) is 24.5. The number of aryl methyl sites for hydroxylation is 1. The Morgan fingerprint density at radius 3 is 2.71 bits per heavy atom. The molecule has 1 aliphatic carbocycles.